The summed E-state index contributed by atoms with van der Waals surface area (Å²) < 4.78 is 22.8. The van der Waals surface area contributed by atoms with E-state index in [1.165, 1.54) is 11.3 Å². The SMILES string of the molecule is O=S1(=O)CCC(Nc2nnc(-c3ccccc3)s2)CC1. The molecule has 20 heavy (non-hydrogen) atoms. The van der Waals surface area contributed by atoms with Crippen LogP contribution in [0.15, 0.2) is 30.3 Å². The first-order chi connectivity index (χ1) is 9.62. The van der Waals surface area contributed by atoms with Gasteiger partial charge in [0.2, 0.25) is 5.13 Å². The fourth-order valence-corrected chi connectivity index (χ4v) is 4.51. The maximum Gasteiger partial charge on any atom is 0.206 e. The molecule has 1 aliphatic rings. The molecule has 1 aromatic carbocycles. The summed E-state index contributed by atoms with van der Waals surface area (Å²) in [6, 6.07) is 10.1. The molecule has 2 heterocycles. The van der Waals surface area contributed by atoms with Gasteiger partial charge >= 0.3 is 0 Å². The summed E-state index contributed by atoms with van der Waals surface area (Å²) in [7, 11) is -2.82. The molecule has 2 aromatic rings. The van der Waals surface area contributed by atoms with Gasteiger partial charge in [-0.3, -0.25) is 0 Å². The molecule has 1 saturated heterocycles. The van der Waals surface area contributed by atoms with Gasteiger partial charge in [-0.05, 0) is 12.8 Å². The van der Waals surface area contributed by atoms with Crippen LogP contribution in [-0.2, 0) is 9.84 Å². The van der Waals surface area contributed by atoms with E-state index in [0.29, 0.717) is 12.8 Å². The first-order valence-corrected chi connectivity index (χ1v) is 9.12. The monoisotopic (exact) mass is 309 g/mol. The minimum atomic E-state index is -2.82. The van der Waals surface area contributed by atoms with E-state index in [-0.39, 0.29) is 17.5 Å². The third-order valence-electron chi connectivity index (χ3n) is 3.33. The van der Waals surface area contributed by atoms with Gasteiger partial charge in [0.1, 0.15) is 14.8 Å². The Bertz CT molecular complexity index is 669. The normalized spacial score (nSPS) is 18.8. The Morgan fingerprint density at radius 3 is 2.50 bits per heavy atom. The highest BCUT2D eigenvalue weighted by Crippen LogP contribution is 2.27. The van der Waals surface area contributed by atoms with Crippen LogP contribution in [0.25, 0.3) is 10.6 Å². The van der Waals surface area contributed by atoms with Crippen LogP contribution in [0, 0.1) is 0 Å². The molecular weight excluding hydrogens is 294 g/mol. The molecule has 106 valence electrons. The number of anilines is 1. The molecule has 0 radical (unpaired) electrons. The smallest absolute Gasteiger partial charge is 0.206 e. The maximum atomic E-state index is 11.4. The maximum absolute atomic E-state index is 11.4. The number of nitrogens with one attached hydrogen (secondary N) is 1. The van der Waals surface area contributed by atoms with E-state index in [4.69, 9.17) is 0 Å². The second-order valence-electron chi connectivity index (χ2n) is 4.85. The van der Waals surface area contributed by atoms with E-state index in [9.17, 15) is 8.42 Å². The molecule has 0 aliphatic carbocycles. The second kappa shape index (κ2) is 5.49. The highest BCUT2D eigenvalue weighted by atomic mass is 32.2. The van der Waals surface area contributed by atoms with E-state index < -0.39 is 9.84 Å². The van der Waals surface area contributed by atoms with Gasteiger partial charge in [0.25, 0.3) is 0 Å². The van der Waals surface area contributed by atoms with Gasteiger partial charge in [0, 0.05) is 11.6 Å². The highest BCUT2D eigenvalue weighted by molar-refractivity contribution is 7.91. The number of hydrogen-bond acceptors (Lipinski definition) is 6. The summed E-state index contributed by atoms with van der Waals surface area (Å²) in [4.78, 5) is 0. The molecular formula is C13H15N3O2S2. The molecule has 0 spiro atoms. The Labute approximate surface area is 122 Å². The van der Waals surface area contributed by atoms with E-state index >= 15 is 0 Å². The molecule has 1 fully saturated rings. The zero-order chi connectivity index (χ0) is 14.0. The number of sulfone groups is 1. The van der Waals surface area contributed by atoms with Crippen molar-refractivity contribution in [3.8, 4) is 10.6 Å². The topological polar surface area (TPSA) is 72.0 Å². The van der Waals surface area contributed by atoms with Gasteiger partial charge in [-0.1, -0.05) is 41.7 Å². The lowest BCUT2D eigenvalue weighted by Crippen LogP contribution is -2.32. The Morgan fingerprint density at radius 2 is 1.80 bits per heavy atom. The van der Waals surface area contributed by atoms with Crippen LogP contribution in [0.1, 0.15) is 12.8 Å². The minimum absolute atomic E-state index is 0.176. The van der Waals surface area contributed by atoms with Gasteiger partial charge in [-0.25, -0.2) is 8.42 Å². The van der Waals surface area contributed by atoms with Crippen molar-refractivity contribution in [3.63, 3.8) is 0 Å². The molecule has 0 atom stereocenters. The Hall–Kier alpha value is -1.47. The van der Waals surface area contributed by atoms with Crippen LogP contribution in [0.3, 0.4) is 0 Å². The highest BCUT2D eigenvalue weighted by Gasteiger charge is 2.24. The molecule has 1 N–H and O–H groups in total. The number of aromatic nitrogens is 2. The second-order valence-corrected chi connectivity index (χ2v) is 8.13. The largest absolute Gasteiger partial charge is 0.357 e. The summed E-state index contributed by atoms with van der Waals surface area (Å²) in [5.41, 5.74) is 1.05. The van der Waals surface area contributed by atoms with Crippen LogP contribution in [-0.4, -0.2) is 36.2 Å². The van der Waals surface area contributed by atoms with Crippen LogP contribution in [0.5, 0.6) is 0 Å². The molecule has 7 heteroatoms. The summed E-state index contributed by atoms with van der Waals surface area (Å²) in [6.45, 7) is 0. The van der Waals surface area contributed by atoms with Crippen molar-refractivity contribution in [2.45, 2.75) is 18.9 Å². The van der Waals surface area contributed by atoms with Crippen LogP contribution in [0.2, 0.25) is 0 Å². The average Bonchev–Trinajstić information content (AvgIpc) is 2.91. The van der Waals surface area contributed by atoms with Gasteiger partial charge in [0.05, 0.1) is 11.5 Å². The first-order valence-electron chi connectivity index (χ1n) is 6.48. The Kier molecular flexibility index (Phi) is 3.71. The fraction of sp³-hybridized carbons (Fsp3) is 0.385. The molecule has 1 aliphatic heterocycles. The van der Waals surface area contributed by atoms with Crippen molar-refractivity contribution in [3.05, 3.63) is 30.3 Å². The molecule has 0 saturated carbocycles. The van der Waals surface area contributed by atoms with E-state index in [1.807, 2.05) is 30.3 Å². The van der Waals surface area contributed by atoms with Crippen molar-refractivity contribution in [2.24, 2.45) is 0 Å². The minimum Gasteiger partial charge on any atom is -0.357 e. The average molecular weight is 309 g/mol. The van der Waals surface area contributed by atoms with Gasteiger partial charge in [0.15, 0.2) is 0 Å². The zero-order valence-electron chi connectivity index (χ0n) is 10.8. The molecule has 0 bridgehead atoms. The third-order valence-corrected chi connectivity index (χ3v) is 5.95. The van der Waals surface area contributed by atoms with Crippen LogP contribution in [0.4, 0.5) is 5.13 Å². The van der Waals surface area contributed by atoms with Crippen LogP contribution >= 0.6 is 11.3 Å². The predicted octanol–water partition coefficient (Wildman–Crippen LogP) is 2.19. The van der Waals surface area contributed by atoms with Gasteiger partial charge in [-0.15, -0.1) is 10.2 Å². The zero-order valence-corrected chi connectivity index (χ0v) is 12.5. The predicted molar refractivity (Wildman–Crippen MR) is 80.6 cm³/mol. The Balaban J connectivity index is 1.66. The summed E-state index contributed by atoms with van der Waals surface area (Å²) >= 11 is 1.50. The summed E-state index contributed by atoms with van der Waals surface area (Å²) in [5, 5.41) is 13.2. The van der Waals surface area contributed by atoms with Crippen molar-refractivity contribution in [2.75, 3.05) is 16.8 Å². The third kappa shape index (κ3) is 3.16. The fourth-order valence-electron chi connectivity index (χ4n) is 2.19. The number of benzene rings is 1. The van der Waals surface area contributed by atoms with E-state index in [2.05, 4.69) is 15.5 Å². The number of hydrogen-bond donors (Lipinski definition) is 1. The van der Waals surface area contributed by atoms with Crippen molar-refractivity contribution in [1.82, 2.24) is 10.2 Å². The number of rotatable bonds is 3. The Morgan fingerprint density at radius 1 is 1.10 bits per heavy atom. The first kappa shape index (κ1) is 13.5. The van der Waals surface area contributed by atoms with Gasteiger partial charge < -0.3 is 5.32 Å². The standard InChI is InChI=1S/C13H15N3O2S2/c17-20(18)8-6-11(7-9-20)14-13-16-15-12(19-13)10-4-2-1-3-5-10/h1-5,11H,6-9H2,(H,14,16). The van der Waals surface area contributed by atoms with Gasteiger partial charge in [-0.2, -0.15) is 0 Å². The molecule has 3 rings (SSSR count). The van der Waals surface area contributed by atoms with Crippen molar-refractivity contribution >= 4 is 26.3 Å². The lowest BCUT2D eigenvalue weighted by molar-refractivity contribution is 0.559. The molecule has 0 amide bonds. The molecule has 5 nitrogen and oxygen atoms in total. The molecule has 1 aromatic heterocycles. The van der Waals surface area contributed by atoms with Crippen LogP contribution < -0.4 is 5.32 Å². The lowest BCUT2D eigenvalue weighted by Gasteiger charge is -2.22. The summed E-state index contributed by atoms with van der Waals surface area (Å²) in [5.74, 6) is 0.518. The lowest BCUT2D eigenvalue weighted by atomic mass is 10.2. The van der Waals surface area contributed by atoms with Crippen molar-refractivity contribution in [1.29, 1.82) is 0 Å². The quantitative estimate of drug-likeness (QED) is 0.941. The number of nitrogens with zero attached hydrogens (tertiary/aromatic N) is 2. The van der Waals surface area contributed by atoms with Crippen molar-refractivity contribution < 1.29 is 8.42 Å². The van der Waals surface area contributed by atoms with E-state index in [0.717, 1.165) is 15.7 Å². The van der Waals surface area contributed by atoms with E-state index in [1.54, 1.807) is 0 Å². The summed E-state index contributed by atoms with van der Waals surface area (Å²) in [6.07, 6.45) is 1.28. The molecule has 0 unspecified atom stereocenters.